The predicted octanol–water partition coefficient (Wildman–Crippen LogP) is 7.83. The van der Waals surface area contributed by atoms with E-state index in [1.165, 1.54) is 94.3 Å². The molecule has 0 aromatic heterocycles. The van der Waals surface area contributed by atoms with Gasteiger partial charge in [-0.2, -0.15) is 0 Å². The standard InChI is InChI=1S/C27H41OP2/c1-19-16-17-23-20(2)24-14-9-15-25(27(24)30(28)26(23)18-19)29(21-10-5-3-6-11-21)22-12-7-4-8-13-22/h9,14-15,19-23,26H,3-8,10-13,16-18H2,1-2H3/q+1/t19-,20?,23+,26-/m1/s1. The summed E-state index contributed by atoms with van der Waals surface area (Å²) in [5, 5.41) is 3.00. The van der Waals surface area contributed by atoms with Crippen LogP contribution < -0.4 is 10.6 Å². The minimum Gasteiger partial charge on any atom is -0.0677 e. The molecule has 3 aliphatic carbocycles. The van der Waals surface area contributed by atoms with Gasteiger partial charge < -0.3 is 0 Å². The van der Waals surface area contributed by atoms with Crippen LogP contribution in [-0.4, -0.2) is 17.0 Å². The van der Waals surface area contributed by atoms with Crippen LogP contribution in [0.15, 0.2) is 18.2 Å². The maximum absolute atomic E-state index is 14.2. The molecule has 1 heterocycles. The Hall–Kier alpha value is -0.250. The summed E-state index contributed by atoms with van der Waals surface area (Å²) in [7, 11) is -1.42. The normalized spacial score (nSPS) is 34.6. The van der Waals surface area contributed by atoms with Crippen molar-refractivity contribution in [2.75, 3.05) is 0 Å². The number of fused-ring (bicyclic) bond motifs is 2. The van der Waals surface area contributed by atoms with Crippen LogP contribution in [0.1, 0.15) is 109 Å². The SMILES string of the molecule is CC1c2cccc(P(C3CCCCC3)C3CCCCC3)c2[P+](=O)[C@@H]2C[C@H](C)CC[C@@H]12. The molecule has 1 aliphatic heterocycles. The second kappa shape index (κ2) is 9.32. The number of hydrogen-bond donors (Lipinski definition) is 0. The Labute approximate surface area is 186 Å². The lowest BCUT2D eigenvalue weighted by atomic mass is 9.74. The zero-order chi connectivity index (χ0) is 20.7. The van der Waals surface area contributed by atoms with Gasteiger partial charge in [-0.1, -0.05) is 83.4 Å². The van der Waals surface area contributed by atoms with Crippen LogP contribution in [0.4, 0.5) is 0 Å². The highest BCUT2D eigenvalue weighted by atomic mass is 31.1. The smallest absolute Gasteiger partial charge is 0.0677 e. The van der Waals surface area contributed by atoms with Crippen LogP contribution in [0.25, 0.3) is 0 Å². The Morgan fingerprint density at radius 1 is 0.833 bits per heavy atom. The molecule has 0 spiro atoms. The molecule has 0 radical (unpaired) electrons. The average Bonchev–Trinajstić information content (AvgIpc) is 2.79. The van der Waals surface area contributed by atoms with Crippen molar-refractivity contribution in [3.05, 3.63) is 23.8 Å². The molecule has 1 nitrogen and oxygen atoms in total. The first kappa shape index (κ1) is 21.6. The predicted molar refractivity (Wildman–Crippen MR) is 133 cm³/mol. The van der Waals surface area contributed by atoms with Crippen molar-refractivity contribution >= 4 is 26.3 Å². The van der Waals surface area contributed by atoms with E-state index >= 15 is 0 Å². The summed E-state index contributed by atoms with van der Waals surface area (Å²) in [5.41, 5.74) is 3.72. The van der Waals surface area contributed by atoms with E-state index in [1.807, 2.05) is 0 Å². The molecule has 0 bridgehead atoms. The first-order valence-corrected chi connectivity index (χ1v) is 15.8. The summed E-state index contributed by atoms with van der Waals surface area (Å²) in [5.74, 6) is 2.01. The fourth-order valence-electron chi connectivity index (χ4n) is 7.40. The molecule has 0 amide bonds. The van der Waals surface area contributed by atoms with E-state index in [4.69, 9.17) is 0 Å². The van der Waals surface area contributed by atoms with Crippen LogP contribution in [0, 0.1) is 11.8 Å². The molecule has 1 aromatic carbocycles. The fraction of sp³-hybridized carbons (Fsp3) is 0.778. The van der Waals surface area contributed by atoms with Crippen molar-refractivity contribution < 1.29 is 4.57 Å². The number of rotatable bonds is 3. The van der Waals surface area contributed by atoms with Crippen molar-refractivity contribution in [1.29, 1.82) is 0 Å². The Kier molecular flexibility index (Phi) is 6.70. The third-order valence-electron chi connectivity index (χ3n) is 9.05. The summed E-state index contributed by atoms with van der Waals surface area (Å²) in [6, 6.07) is 7.17. The maximum atomic E-state index is 14.2. The molecule has 1 aromatic rings. The molecule has 2 unspecified atom stereocenters. The van der Waals surface area contributed by atoms with Gasteiger partial charge in [0.05, 0.1) is 0 Å². The summed E-state index contributed by atoms with van der Waals surface area (Å²) in [4.78, 5) is 0. The third kappa shape index (κ3) is 3.97. The van der Waals surface area contributed by atoms with Crippen LogP contribution in [0.3, 0.4) is 0 Å². The van der Waals surface area contributed by atoms with E-state index in [1.54, 1.807) is 5.30 Å². The molecule has 3 saturated carbocycles. The Morgan fingerprint density at radius 3 is 2.10 bits per heavy atom. The molecular formula is C27H41OP2+. The van der Waals surface area contributed by atoms with Crippen LogP contribution in [-0.2, 0) is 4.57 Å². The van der Waals surface area contributed by atoms with Gasteiger partial charge in [-0.05, 0) is 67.7 Å². The molecule has 0 N–H and O–H groups in total. The number of hydrogen-bond acceptors (Lipinski definition) is 1. The van der Waals surface area contributed by atoms with Gasteiger partial charge in [0.15, 0.2) is 5.66 Å². The second-order valence-electron chi connectivity index (χ2n) is 11.0. The molecule has 3 heteroatoms. The topological polar surface area (TPSA) is 17.1 Å². The summed E-state index contributed by atoms with van der Waals surface area (Å²) in [6.07, 6.45) is 18.1. The zero-order valence-corrected chi connectivity index (χ0v) is 21.0. The third-order valence-corrected chi connectivity index (χ3v) is 14.9. The molecular weight excluding hydrogens is 402 g/mol. The molecule has 5 atom stereocenters. The van der Waals surface area contributed by atoms with E-state index < -0.39 is 7.80 Å². The van der Waals surface area contributed by atoms with Gasteiger partial charge in [0.1, 0.15) is 0 Å². The van der Waals surface area contributed by atoms with E-state index in [2.05, 4.69) is 32.0 Å². The van der Waals surface area contributed by atoms with Crippen molar-refractivity contribution in [3.63, 3.8) is 0 Å². The van der Waals surface area contributed by atoms with E-state index in [9.17, 15) is 4.57 Å². The van der Waals surface area contributed by atoms with Crippen molar-refractivity contribution in [3.8, 4) is 0 Å². The Balaban J connectivity index is 1.58. The molecule has 3 fully saturated rings. The molecule has 164 valence electrons. The first-order chi connectivity index (χ1) is 14.6. The van der Waals surface area contributed by atoms with Crippen LogP contribution in [0.5, 0.6) is 0 Å². The van der Waals surface area contributed by atoms with Crippen molar-refractivity contribution in [2.24, 2.45) is 11.8 Å². The minimum atomic E-state index is -1.25. The van der Waals surface area contributed by atoms with Gasteiger partial charge in [-0.3, -0.25) is 0 Å². The summed E-state index contributed by atoms with van der Waals surface area (Å²) < 4.78 is 14.2. The van der Waals surface area contributed by atoms with Crippen LogP contribution >= 0.6 is 15.7 Å². The summed E-state index contributed by atoms with van der Waals surface area (Å²) in [6.45, 7) is 4.85. The van der Waals surface area contributed by atoms with Gasteiger partial charge >= 0.3 is 7.80 Å². The van der Waals surface area contributed by atoms with Crippen LogP contribution in [0.2, 0.25) is 0 Å². The second-order valence-corrected chi connectivity index (χ2v) is 15.5. The minimum absolute atomic E-state index is 0.172. The lowest BCUT2D eigenvalue weighted by Gasteiger charge is -2.41. The highest BCUT2D eigenvalue weighted by Gasteiger charge is 2.53. The van der Waals surface area contributed by atoms with Gasteiger partial charge in [0.25, 0.3) is 0 Å². The van der Waals surface area contributed by atoms with Crippen molar-refractivity contribution in [1.82, 2.24) is 0 Å². The highest BCUT2D eigenvalue weighted by Crippen LogP contribution is 2.58. The molecule has 30 heavy (non-hydrogen) atoms. The average molecular weight is 444 g/mol. The van der Waals surface area contributed by atoms with Gasteiger partial charge in [0, 0.05) is 16.8 Å². The van der Waals surface area contributed by atoms with E-state index in [-0.39, 0.29) is 7.92 Å². The highest BCUT2D eigenvalue weighted by molar-refractivity contribution is 7.69. The lowest BCUT2D eigenvalue weighted by Crippen LogP contribution is -2.42. The maximum Gasteiger partial charge on any atom is 0.381 e. The van der Waals surface area contributed by atoms with Gasteiger partial charge in [-0.15, -0.1) is 0 Å². The van der Waals surface area contributed by atoms with E-state index in [0.717, 1.165) is 17.2 Å². The molecule has 4 aliphatic rings. The summed E-state index contributed by atoms with van der Waals surface area (Å²) >= 11 is 0. The Bertz CT molecular complexity index is 744. The Morgan fingerprint density at radius 2 is 1.47 bits per heavy atom. The van der Waals surface area contributed by atoms with Gasteiger partial charge in [-0.25, -0.2) is 0 Å². The van der Waals surface area contributed by atoms with Gasteiger partial charge in [0.2, 0.25) is 5.30 Å². The molecule has 5 rings (SSSR count). The van der Waals surface area contributed by atoms with E-state index in [0.29, 0.717) is 17.5 Å². The zero-order valence-electron chi connectivity index (χ0n) is 19.2. The monoisotopic (exact) mass is 443 g/mol. The lowest BCUT2D eigenvalue weighted by molar-refractivity contribution is 0.263. The largest absolute Gasteiger partial charge is 0.381 e. The van der Waals surface area contributed by atoms with Crippen molar-refractivity contribution in [2.45, 2.75) is 120 Å². The quantitative estimate of drug-likeness (QED) is 0.435. The first-order valence-electron chi connectivity index (χ1n) is 13.0. The molecule has 0 saturated heterocycles. The fourth-order valence-corrected chi connectivity index (χ4v) is 14.4. The number of benzene rings is 1.